The summed E-state index contributed by atoms with van der Waals surface area (Å²) in [6.45, 7) is 1.55. The van der Waals surface area contributed by atoms with Gasteiger partial charge in [-0.1, -0.05) is 25.3 Å². The Balaban J connectivity index is 1.95. The maximum atomic E-state index is 12.6. The van der Waals surface area contributed by atoms with Crippen molar-refractivity contribution in [1.82, 2.24) is 4.90 Å². The lowest BCUT2D eigenvalue weighted by Gasteiger charge is -2.39. The minimum Gasteiger partial charge on any atom is -0.449 e. The average molecular weight is 346 g/mol. The number of nitrogens with zero attached hydrogens (tertiary/aromatic N) is 2. The van der Waals surface area contributed by atoms with Crippen molar-refractivity contribution in [3.05, 3.63) is 28.5 Å². The molecular weight excluding hydrogens is 324 g/mol. The van der Waals surface area contributed by atoms with Gasteiger partial charge in [0.1, 0.15) is 5.54 Å². The van der Waals surface area contributed by atoms with Crippen LogP contribution in [0.4, 0.5) is 0 Å². The number of ether oxygens (including phenoxy) is 1. The van der Waals surface area contributed by atoms with Crippen LogP contribution >= 0.6 is 11.3 Å². The third-order valence-corrected chi connectivity index (χ3v) is 5.27. The second-order valence-electron chi connectivity index (χ2n) is 6.03. The second kappa shape index (κ2) is 8.11. The number of carbonyl (C=O) groups excluding carboxylic acids is 2. The second-order valence-corrected chi connectivity index (χ2v) is 7.01. The Hall–Kier alpha value is -2.13. The lowest BCUT2D eigenvalue weighted by Crippen LogP contribution is -2.53. The summed E-state index contributed by atoms with van der Waals surface area (Å²) in [5, 5.41) is 11.5. The highest BCUT2D eigenvalue weighted by Gasteiger charge is 2.40. The van der Waals surface area contributed by atoms with Crippen LogP contribution in [-0.2, 0) is 14.3 Å². The molecule has 1 fully saturated rings. The van der Waals surface area contributed by atoms with Crippen LogP contribution in [0.15, 0.2) is 23.6 Å². The molecule has 1 amide bonds. The van der Waals surface area contributed by atoms with E-state index in [0.29, 0.717) is 12.8 Å². The van der Waals surface area contributed by atoms with Gasteiger partial charge in [0.05, 0.1) is 6.07 Å². The van der Waals surface area contributed by atoms with Gasteiger partial charge in [-0.2, -0.15) is 5.26 Å². The van der Waals surface area contributed by atoms with E-state index in [-0.39, 0.29) is 5.91 Å². The van der Waals surface area contributed by atoms with Gasteiger partial charge >= 0.3 is 5.97 Å². The predicted octanol–water partition coefficient (Wildman–Crippen LogP) is 3.38. The van der Waals surface area contributed by atoms with Crippen molar-refractivity contribution in [2.75, 3.05) is 7.05 Å². The number of hydrogen-bond donors (Lipinski definition) is 0. The first kappa shape index (κ1) is 18.2. The van der Waals surface area contributed by atoms with Gasteiger partial charge in [0.2, 0.25) is 0 Å². The normalized spacial score (nSPS) is 17.9. The van der Waals surface area contributed by atoms with Crippen LogP contribution in [0.1, 0.15) is 43.9 Å². The van der Waals surface area contributed by atoms with E-state index in [9.17, 15) is 14.9 Å². The molecule has 0 N–H and O–H groups in total. The van der Waals surface area contributed by atoms with Crippen LogP contribution < -0.4 is 0 Å². The first-order valence-electron chi connectivity index (χ1n) is 8.10. The number of amides is 1. The van der Waals surface area contributed by atoms with Crippen LogP contribution in [0.3, 0.4) is 0 Å². The first-order chi connectivity index (χ1) is 11.5. The molecule has 1 atom stereocenters. The number of rotatable bonds is 5. The monoisotopic (exact) mass is 346 g/mol. The molecule has 0 bridgehead atoms. The summed E-state index contributed by atoms with van der Waals surface area (Å²) in [7, 11) is 1.63. The van der Waals surface area contributed by atoms with Crippen LogP contribution in [0.2, 0.25) is 0 Å². The molecule has 6 heteroatoms. The number of likely N-dealkylation sites (N-methyl/N-ethyl adjacent to an activating group) is 1. The molecule has 0 saturated heterocycles. The summed E-state index contributed by atoms with van der Waals surface area (Å²) in [5.41, 5.74) is -0.775. The molecule has 24 heavy (non-hydrogen) atoms. The Bertz CT molecular complexity index is 640. The highest BCUT2D eigenvalue weighted by atomic mass is 32.1. The van der Waals surface area contributed by atoms with Gasteiger partial charge in [0.15, 0.2) is 6.10 Å². The van der Waals surface area contributed by atoms with Crippen molar-refractivity contribution < 1.29 is 14.3 Å². The van der Waals surface area contributed by atoms with E-state index in [0.717, 1.165) is 24.1 Å². The summed E-state index contributed by atoms with van der Waals surface area (Å²) in [6, 6.07) is 6.08. The molecular formula is C18H22N2O3S. The topological polar surface area (TPSA) is 70.4 Å². The van der Waals surface area contributed by atoms with Gasteiger partial charge in [-0.25, -0.2) is 4.79 Å². The van der Waals surface area contributed by atoms with Crippen LogP contribution in [0.5, 0.6) is 0 Å². The van der Waals surface area contributed by atoms with E-state index in [1.54, 1.807) is 20.0 Å². The lowest BCUT2D eigenvalue weighted by molar-refractivity contribution is -0.157. The van der Waals surface area contributed by atoms with Crippen molar-refractivity contribution in [1.29, 1.82) is 5.26 Å². The molecule has 1 heterocycles. The Kier molecular flexibility index (Phi) is 6.16. The van der Waals surface area contributed by atoms with Gasteiger partial charge in [-0.15, -0.1) is 11.3 Å². The Morgan fingerprint density at radius 1 is 1.42 bits per heavy atom. The Labute approximate surface area is 146 Å². The Morgan fingerprint density at radius 2 is 2.12 bits per heavy atom. The van der Waals surface area contributed by atoms with Crippen LogP contribution in [0.25, 0.3) is 6.08 Å². The van der Waals surface area contributed by atoms with E-state index in [4.69, 9.17) is 4.74 Å². The molecule has 1 aromatic rings. The third-order valence-electron chi connectivity index (χ3n) is 4.43. The highest BCUT2D eigenvalue weighted by Crippen LogP contribution is 2.32. The fourth-order valence-corrected chi connectivity index (χ4v) is 3.56. The summed E-state index contributed by atoms with van der Waals surface area (Å²) >= 11 is 1.51. The number of carbonyl (C=O) groups is 2. The smallest absolute Gasteiger partial charge is 0.331 e. The molecule has 2 rings (SSSR count). The summed E-state index contributed by atoms with van der Waals surface area (Å²) in [5.74, 6) is -0.899. The van der Waals surface area contributed by atoms with Gasteiger partial charge in [0.25, 0.3) is 5.91 Å². The molecule has 1 aliphatic carbocycles. The summed E-state index contributed by atoms with van der Waals surface area (Å²) < 4.78 is 5.19. The fourth-order valence-electron chi connectivity index (χ4n) is 2.94. The zero-order valence-electron chi connectivity index (χ0n) is 14.0. The Morgan fingerprint density at radius 3 is 2.71 bits per heavy atom. The fraction of sp³-hybridized carbons (Fsp3) is 0.500. The molecule has 128 valence electrons. The largest absolute Gasteiger partial charge is 0.449 e. The molecule has 0 aliphatic heterocycles. The molecule has 0 aromatic carbocycles. The molecule has 1 aliphatic rings. The van der Waals surface area contributed by atoms with Crippen molar-refractivity contribution in [2.45, 2.75) is 50.7 Å². The maximum absolute atomic E-state index is 12.6. The van der Waals surface area contributed by atoms with Crippen molar-refractivity contribution in [3.63, 3.8) is 0 Å². The minimum absolute atomic E-state index is 0.337. The van der Waals surface area contributed by atoms with E-state index in [2.05, 4.69) is 6.07 Å². The van der Waals surface area contributed by atoms with Crippen molar-refractivity contribution >= 4 is 29.3 Å². The van der Waals surface area contributed by atoms with E-state index in [1.165, 1.54) is 22.3 Å². The summed E-state index contributed by atoms with van der Waals surface area (Å²) in [6.07, 6.45) is 6.36. The SMILES string of the molecule is C[C@H](OC(=O)/C=C/c1cccs1)C(=O)N(C)C1(C#N)CCCCC1. The predicted molar refractivity (Wildman–Crippen MR) is 93.1 cm³/mol. The molecule has 1 saturated carbocycles. The third kappa shape index (κ3) is 4.24. The van der Waals surface area contributed by atoms with E-state index >= 15 is 0 Å². The molecule has 0 unspecified atom stereocenters. The number of esters is 1. The zero-order chi connectivity index (χ0) is 17.6. The quantitative estimate of drug-likeness (QED) is 0.605. The standard InChI is InChI=1S/C18H22N2O3S/c1-14(23-16(21)9-8-15-7-6-12-24-15)17(22)20(2)18(13-19)10-4-3-5-11-18/h6-9,12,14H,3-5,10-11H2,1-2H3/b9-8+/t14-/m0/s1. The molecule has 5 nitrogen and oxygen atoms in total. The molecule has 1 aromatic heterocycles. The number of nitriles is 1. The van der Waals surface area contributed by atoms with E-state index < -0.39 is 17.6 Å². The van der Waals surface area contributed by atoms with Crippen molar-refractivity contribution in [2.24, 2.45) is 0 Å². The van der Waals surface area contributed by atoms with E-state index in [1.807, 2.05) is 17.5 Å². The zero-order valence-corrected chi connectivity index (χ0v) is 14.8. The average Bonchev–Trinajstić information content (AvgIpc) is 3.12. The van der Waals surface area contributed by atoms with Crippen LogP contribution in [0, 0.1) is 11.3 Å². The van der Waals surface area contributed by atoms with Crippen LogP contribution in [-0.4, -0.2) is 35.5 Å². The minimum atomic E-state index is -0.914. The molecule has 0 spiro atoms. The van der Waals surface area contributed by atoms with Gasteiger partial charge in [-0.05, 0) is 37.3 Å². The number of thiophene rings is 1. The maximum Gasteiger partial charge on any atom is 0.331 e. The first-order valence-corrected chi connectivity index (χ1v) is 8.97. The van der Waals surface area contributed by atoms with Gasteiger partial charge < -0.3 is 9.64 Å². The molecule has 0 radical (unpaired) electrons. The lowest BCUT2D eigenvalue weighted by atomic mass is 9.81. The van der Waals surface area contributed by atoms with Gasteiger partial charge in [-0.3, -0.25) is 4.79 Å². The summed E-state index contributed by atoms with van der Waals surface area (Å²) in [4.78, 5) is 26.8. The van der Waals surface area contributed by atoms with Crippen molar-refractivity contribution in [3.8, 4) is 6.07 Å². The number of hydrogen-bond acceptors (Lipinski definition) is 5. The van der Waals surface area contributed by atoms with Gasteiger partial charge in [0, 0.05) is 18.0 Å². The highest BCUT2D eigenvalue weighted by molar-refractivity contribution is 7.10.